The van der Waals surface area contributed by atoms with Crippen LogP contribution in [0.3, 0.4) is 0 Å². The smallest absolute Gasteiger partial charge is 0.122 e. The second-order valence-corrected chi connectivity index (χ2v) is 5.65. The summed E-state index contributed by atoms with van der Waals surface area (Å²) < 4.78 is 5.40. The van der Waals surface area contributed by atoms with Gasteiger partial charge in [0.1, 0.15) is 5.75 Å². The summed E-state index contributed by atoms with van der Waals surface area (Å²) in [5.74, 6) is 1.01. The number of hydrogen-bond acceptors (Lipinski definition) is 3. The molecule has 0 saturated carbocycles. The van der Waals surface area contributed by atoms with Crippen molar-refractivity contribution in [3.8, 4) is 5.75 Å². The molecule has 0 atom stereocenters. The van der Waals surface area contributed by atoms with Crippen molar-refractivity contribution in [3.63, 3.8) is 0 Å². The maximum Gasteiger partial charge on any atom is 0.122 e. The number of nitrogens with one attached hydrogen (secondary N) is 1. The minimum Gasteiger partial charge on any atom is -0.496 e. The maximum absolute atomic E-state index is 5.40. The summed E-state index contributed by atoms with van der Waals surface area (Å²) in [6.45, 7) is 8.97. The van der Waals surface area contributed by atoms with Gasteiger partial charge in [0.2, 0.25) is 0 Å². The largest absolute Gasteiger partial charge is 0.496 e. The van der Waals surface area contributed by atoms with Gasteiger partial charge >= 0.3 is 0 Å². The van der Waals surface area contributed by atoms with Crippen LogP contribution in [0.4, 0.5) is 0 Å². The summed E-state index contributed by atoms with van der Waals surface area (Å²) >= 11 is 0. The molecule has 1 fully saturated rings. The van der Waals surface area contributed by atoms with Crippen molar-refractivity contribution in [1.82, 2.24) is 10.2 Å². The molecule has 1 aromatic carbocycles. The van der Waals surface area contributed by atoms with Crippen LogP contribution < -0.4 is 10.1 Å². The van der Waals surface area contributed by atoms with Gasteiger partial charge in [0, 0.05) is 31.7 Å². The number of benzene rings is 1. The Bertz CT molecular complexity index is 390. The van der Waals surface area contributed by atoms with E-state index in [2.05, 4.69) is 36.2 Å². The fraction of sp³-hybridized carbons (Fsp3) is 0.600. The molecule has 1 N–H and O–H groups in total. The Morgan fingerprint density at radius 1 is 1.33 bits per heavy atom. The Balaban J connectivity index is 1.91. The summed E-state index contributed by atoms with van der Waals surface area (Å²) in [5, 5.41) is 3.54. The van der Waals surface area contributed by atoms with E-state index in [-0.39, 0.29) is 5.54 Å². The third-order valence-corrected chi connectivity index (χ3v) is 3.54. The van der Waals surface area contributed by atoms with Crippen LogP contribution in [0.5, 0.6) is 5.75 Å². The lowest BCUT2D eigenvalue weighted by Crippen LogP contribution is -2.57. The lowest BCUT2D eigenvalue weighted by atomic mass is 10.0. The van der Waals surface area contributed by atoms with Gasteiger partial charge in [-0.3, -0.25) is 4.90 Å². The number of ether oxygens (including phenoxy) is 1. The van der Waals surface area contributed by atoms with E-state index in [0.29, 0.717) is 0 Å². The highest BCUT2D eigenvalue weighted by molar-refractivity contribution is 5.33. The standard InChI is InChI=1S/C15H24N2O/c1-15(2)12-17(11-9-16-15)10-8-13-6-4-5-7-14(13)18-3/h4-7,16H,8-12H2,1-3H3. The normalized spacial score (nSPS) is 19.7. The molecule has 0 amide bonds. The molecule has 3 nitrogen and oxygen atoms in total. The Morgan fingerprint density at radius 2 is 2.11 bits per heavy atom. The number of hydrogen-bond donors (Lipinski definition) is 1. The highest BCUT2D eigenvalue weighted by Crippen LogP contribution is 2.19. The lowest BCUT2D eigenvalue weighted by molar-refractivity contribution is 0.156. The van der Waals surface area contributed by atoms with E-state index in [0.717, 1.165) is 38.3 Å². The summed E-state index contributed by atoms with van der Waals surface area (Å²) in [6.07, 6.45) is 1.06. The second-order valence-electron chi connectivity index (χ2n) is 5.65. The van der Waals surface area contributed by atoms with E-state index in [9.17, 15) is 0 Å². The molecule has 2 rings (SSSR count). The van der Waals surface area contributed by atoms with E-state index >= 15 is 0 Å². The van der Waals surface area contributed by atoms with Gasteiger partial charge in [-0.1, -0.05) is 18.2 Å². The van der Waals surface area contributed by atoms with Crippen molar-refractivity contribution in [2.75, 3.05) is 33.3 Å². The predicted octanol–water partition coefficient (Wildman–Crippen LogP) is 1.92. The fourth-order valence-electron chi connectivity index (χ4n) is 2.63. The van der Waals surface area contributed by atoms with Crippen LogP contribution in [-0.2, 0) is 6.42 Å². The molecule has 0 aromatic heterocycles. The first-order chi connectivity index (χ1) is 8.61. The first-order valence-corrected chi connectivity index (χ1v) is 6.70. The number of methoxy groups -OCH3 is 1. The number of piperazine rings is 1. The van der Waals surface area contributed by atoms with Gasteiger partial charge in [-0.05, 0) is 31.9 Å². The van der Waals surface area contributed by atoms with Crippen LogP contribution in [0.2, 0.25) is 0 Å². The molecule has 100 valence electrons. The molecule has 0 unspecified atom stereocenters. The number of rotatable bonds is 4. The van der Waals surface area contributed by atoms with Gasteiger partial charge < -0.3 is 10.1 Å². The van der Waals surface area contributed by atoms with E-state index in [1.807, 2.05) is 12.1 Å². The van der Waals surface area contributed by atoms with Gasteiger partial charge in [-0.25, -0.2) is 0 Å². The fourth-order valence-corrected chi connectivity index (χ4v) is 2.63. The molecule has 0 radical (unpaired) electrons. The number of nitrogens with zero attached hydrogens (tertiary/aromatic N) is 1. The minimum absolute atomic E-state index is 0.235. The average Bonchev–Trinajstić information content (AvgIpc) is 2.35. The molecule has 18 heavy (non-hydrogen) atoms. The molecule has 1 aromatic rings. The Labute approximate surface area is 110 Å². The SMILES string of the molecule is COc1ccccc1CCN1CCNC(C)(C)C1. The molecule has 1 aliphatic rings. The molecule has 1 aliphatic heterocycles. The van der Waals surface area contributed by atoms with Crippen molar-refractivity contribution < 1.29 is 4.74 Å². The summed E-state index contributed by atoms with van der Waals surface area (Å²) in [4.78, 5) is 2.53. The van der Waals surface area contributed by atoms with Gasteiger partial charge in [0.25, 0.3) is 0 Å². The monoisotopic (exact) mass is 248 g/mol. The van der Waals surface area contributed by atoms with Crippen molar-refractivity contribution in [2.24, 2.45) is 0 Å². The molecule has 1 heterocycles. The molecular formula is C15H24N2O. The van der Waals surface area contributed by atoms with E-state index in [4.69, 9.17) is 4.74 Å². The van der Waals surface area contributed by atoms with Crippen LogP contribution >= 0.6 is 0 Å². The predicted molar refractivity (Wildman–Crippen MR) is 75.2 cm³/mol. The lowest BCUT2D eigenvalue weighted by Gasteiger charge is -2.39. The van der Waals surface area contributed by atoms with Crippen molar-refractivity contribution >= 4 is 0 Å². The van der Waals surface area contributed by atoms with Gasteiger partial charge in [0.15, 0.2) is 0 Å². The van der Waals surface area contributed by atoms with E-state index < -0.39 is 0 Å². The minimum atomic E-state index is 0.235. The molecule has 1 saturated heterocycles. The zero-order chi connectivity index (χ0) is 13.0. The van der Waals surface area contributed by atoms with Crippen molar-refractivity contribution in [2.45, 2.75) is 25.8 Å². The van der Waals surface area contributed by atoms with Crippen LogP contribution in [-0.4, -0.2) is 43.7 Å². The first kappa shape index (κ1) is 13.4. The Morgan fingerprint density at radius 3 is 2.83 bits per heavy atom. The van der Waals surface area contributed by atoms with Crippen LogP contribution in [0.1, 0.15) is 19.4 Å². The highest BCUT2D eigenvalue weighted by Gasteiger charge is 2.25. The average molecular weight is 248 g/mol. The third kappa shape index (κ3) is 3.47. The zero-order valence-corrected chi connectivity index (χ0v) is 11.7. The van der Waals surface area contributed by atoms with Gasteiger partial charge in [0.05, 0.1) is 7.11 Å². The highest BCUT2D eigenvalue weighted by atomic mass is 16.5. The van der Waals surface area contributed by atoms with Crippen molar-refractivity contribution in [3.05, 3.63) is 29.8 Å². The van der Waals surface area contributed by atoms with Crippen LogP contribution in [0, 0.1) is 0 Å². The molecule has 0 aliphatic carbocycles. The summed E-state index contributed by atoms with van der Waals surface area (Å²) in [5.41, 5.74) is 1.54. The molecule has 0 spiro atoms. The third-order valence-electron chi connectivity index (χ3n) is 3.54. The van der Waals surface area contributed by atoms with Crippen LogP contribution in [0.15, 0.2) is 24.3 Å². The van der Waals surface area contributed by atoms with Gasteiger partial charge in [-0.2, -0.15) is 0 Å². The maximum atomic E-state index is 5.40. The van der Waals surface area contributed by atoms with E-state index in [1.54, 1.807) is 7.11 Å². The quantitative estimate of drug-likeness (QED) is 0.881. The topological polar surface area (TPSA) is 24.5 Å². The first-order valence-electron chi connectivity index (χ1n) is 6.70. The van der Waals surface area contributed by atoms with Crippen LogP contribution in [0.25, 0.3) is 0 Å². The molecular weight excluding hydrogens is 224 g/mol. The van der Waals surface area contributed by atoms with Gasteiger partial charge in [-0.15, -0.1) is 0 Å². The van der Waals surface area contributed by atoms with Crippen molar-refractivity contribution in [1.29, 1.82) is 0 Å². The molecule has 3 heteroatoms. The Kier molecular flexibility index (Phi) is 4.25. The molecule has 0 bridgehead atoms. The Hall–Kier alpha value is -1.06. The number of para-hydroxylation sites is 1. The summed E-state index contributed by atoms with van der Waals surface area (Å²) in [7, 11) is 1.74. The van der Waals surface area contributed by atoms with E-state index in [1.165, 1.54) is 5.56 Å². The zero-order valence-electron chi connectivity index (χ0n) is 11.7. The second kappa shape index (κ2) is 5.72. The summed E-state index contributed by atoms with van der Waals surface area (Å²) in [6, 6.07) is 8.30.